The minimum atomic E-state index is -0.485. The van der Waals surface area contributed by atoms with Crippen molar-refractivity contribution >= 4 is 0 Å². The SMILES string of the molecule is C[N+](C)(C)CC1CC(O)[C@H](O)C1. The molecule has 0 aliphatic heterocycles. The number of aliphatic hydroxyl groups excluding tert-OH is 2. The molecule has 1 fully saturated rings. The molecule has 1 rings (SSSR count). The number of hydrogen-bond donors (Lipinski definition) is 2. The minimum absolute atomic E-state index is 0.481. The maximum atomic E-state index is 9.31. The lowest BCUT2D eigenvalue weighted by Gasteiger charge is -2.27. The Kier molecular flexibility index (Phi) is 2.76. The summed E-state index contributed by atoms with van der Waals surface area (Å²) in [6.07, 6.45) is 0.552. The maximum Gasteiger partial charge on any atom is 0.0810 e. The number of aliphatic hydroxyl groups is 2. The Morgan fingerprint density at radius 1 is 1.08 bits per heavy atom. The quantitative estimate of drug-likeness (QED) is 0.570. The van der Waals surface area contributed by atoms with Gasteiger partial charge in [0.05, 0.1) is 39.9 Å². The predicted octanol–water partition coefficient (Wildman–Crippen LogP) is -0.176. The van der Waals surface area contributed by atoms with Crippen LogP contribution in [0.5, 0.6) is 0 Å². The molecule has 3 heteroatoms. The number of nitrogens with zero attached hydrogens (tertiary/aromatic N) is 1. The molecule has 0 saturated heterocycles. The van der Waals surface area contributed by atoms with E-state index in [1.54, 1.807) is 0 Å². The van der Waals surface area contributed by atoms with E-state index in [0.29, 0.717) is 5.92 Å². The highest BCUT2D eigenvalue weighted by atomic mass is 16.3. The second kappa shape index (κ2) is 3.32. The molecule has 0 spiro atoms. The van der Waals surface area contributed by atoms with Crippen LogP contribution in [0.1, 0.15) is 12.8 Å². The number of quaternary nitrogens is 1. The molecular formula is C9H20NO2+. The third kappa shape index (κ3) is 2.73. The van der Waals surface area contributed by atoms with E-state index >= 15 is 0 Å². The molecule has 2 unspecified atom stereocenters. The smallest absolute Gasteiger partial charge is 0.0810 e. The van der Waals surface area contributed by atoms with Gasteiger partial charge in [-0.15, -0.1) is 0 Å². The van der Waals surface area contributed by atoms with E-state index in [1.807, 2.05) is 0 Å². The first kappa shape index (κ1) is 9.96. The van der Waals surface area contributed by atoms with Crippen molar-refractivity contribution in [2.24, 2.45) is 5.92 Å². The minimum Gasteiger partial charge on any atom is -0.390 e. The van der Waals surface area contributed by atoms with Crippen LogP contribution in [0.4, 0.5) is 0 Å². The van der Waals surface area contributed by atoms with Gasteiger partial charge in [0.1, 0.15) is 0 Å². The highest BCUT2D eigenvalue weighted by Crippen LogP contribution is 2.27. The van der Waals surface area contributed by atoms with Crippen LogP contribution in [0, 0.1) is 5.92 Å². The summed E-state index contributed by atoms with van der Waals surface area (Å²) in [6, 6.07) is 0. The fourth-order valence-corrected chi connectivity index (χ4v) is 2.02. The van der Waals surface area contributed by atoms with Crippen molar-refractivity contribution in [1.82, 2.24) is 0 Å². The molecule has 0 aromatic rings. The van der Waals surface area contributed by atoms with Crippen LogP contribution in [-0.2, 0) is 0 Å². The largest absolute Gasteiger partial charge is 0.390 e. The lowest BCUT2D eigenvalue weighted by atomic mass is 10.1. The Hall–Kier alpha value is -0.120. The van der Waals surface area contributed by atoms with E-state index in [0.717, 1.165) is 23.9 Å². The number of hydrogen-bond acceptors (Lipinski definition) is 2. The fourth-order valence-electron chi connectivity index (χ4n) is 2.02. The summed E-state index contributed by atoms with van der Waals surface area (Å²) in [7, 11) is 6.41. The molecule has 3 atom stereocenters. The monoisotopic (exact) mass is 174 g/mol. The summed E-state index contributed by atoms with van der Waals surface area (Å²) in [5.74, 6) is 0.481. The van der Waals surface area contributed by atoms with Gasteiger partial charge in [0, 0.05) is 5.92 Å². The van der Waals surface area contributed by atoms with Gasteiger partial charge in [0.25, 0.3) is 0 Å². The molecule has 0 aromatic carbocycles. The molecule has 0 aromatic heterocycles. The normalized spacial score (nSPS) is 37.2. The van der Waals surface area contributed by atoms with Crippen molar-refractivity contribution in [2.75, 3.05) is 27.7 Å². The summed E-state index contributed by atoms with van der Waals surface area (Å²) < 4.78 is 0.907. The first-order valence-corrected chi connectivity index (χ1v) is 4.55. The van der Waals surface area contributed by atoms with Crippen molar-refractivity contribution in [1.29, 1.82) is 0 Å². The van der Waals surface area contributed by atoms with E-state index in [4.69, 9.17) is 0 Å². The van der Waals surface area contributed by atoms with E-state index in [2.05, 4.69) is 21.1 Å². The molecule has 0 bridgehead atoms. The van der Waals surface area contributed by atoms with Crippen LogP contribution >= 0.6 is 0 Å². The van der Waals surface area contributed by atoms with E-state index in [1.165, 1.54) is 0 Å². The zero-order valence-corrected chi connectivity index (χ0v) is 8.20. The van der Waals surface area contributed by atoms with Crippen LogP contribution in [0.15, 0.2) is 0 Å². The highest BCUT2D eigenvalue weighted by molar-refractivity contribution is 4.82. The van der Waals surface area contributed by atoms with Gasteiger partial charge >= 0.3 is 0 Å². The first-order chi connectivity index (χ1) is 5.38. The van der Waals surface area contributed by atoms with Crippen molar-refractivity contribution in [2.45, 2.75) is 25.0 Å². The van der Waals surface area contributed by atoms with Gasteiger partial charge in [0.15, 0.2) is 0 Å². The van der Waals surface area contributed by atoms with Crippen LogP contribution in [0.3, 0.4) is 0 Å². The lowest BCUT2D eigenvalue weighted by molar-refractivity contribution is -0.873. The average molecular weight is 174 g/mol. The van der Waals surface area contributed by atoms with Crippen molar-refractivity contribution in [3.05, 3.63) is 0 Å². The molecule has 72 valence electrons. The van der Waals surface area contributed by atoms with Gasteiger partial charge in [0.2, 0.25) is 0 Å². The van der Waals surface area contributed by atoms with E-state index in [9.17, 15) is 10.2 Å². The molecule has 1 saturated carbocycles. The summed E-state index contributed by atoms with van der Waals surface area (Å²) in [6.45, 7) is 1.04. The second-order valence-corrected chi connectivity index (χ2v) is 4.95. The standard InChI is InChI=1S/C9H20NO2/c1-10(2,3)6-7-4-8(11)9(12)5-7/h7-9,11-12H,4-6H2,1-3H3/q+1/t7?,8-,9?/m1/s1. The van der Waals surface area contributed by atoms with Gasteiger partial charge in [-0.1, -0.05) is 0 Å². The Morgan fingerprint density at radius 2 is 1.50 bits per heavy atom. The molecule has 0 amide bonds. The van der Waals surface area contributed by atoms with Gasteiger partial charge in [-0.2, -0.15) is 0 Å². The summed E-state index contributed by atoms with van der Waals surface area (Å²) in [4.78, 5) is 0. The van der Waals surface area contributed by atoms with Gasteiger partial charge < -0.3 is 14.7 Å². The van der Waals surface area contributed by atoms with Crippen LogP contribution < -0.4 is 0 Å². The molecular weight excluding hydrogens is 154 g/mol. The Labute approximate surface area is 74.2 Å². The first-order valence-electron chi connectivity index (χ1n) is 4.55. The topological polar surface area (TPSA) is 40.5 Å². The Balaban J connectivity index is 2.38. The summed E-state index contributed by atoms with van der Waals surface area (Å²) in [5, 5.41) is 18.6. The maximum absolute atomic E-state index is 9.31. The molecule has 2 N–H and O–H groups in total. The summed E-state index contributed by atoms with van der Waals surface area (Å²) >= 11 is 0. The zero-order valence-electron chi connectivity index (χ0n) is 8.20. The fraction of sp³-hybridized carbons (Fsp3) is 1.00. The highest BCUT2D eigenvalue weighted by Gasteiger charge is 2.34. The second-order valence-electron chi connectivity index (χ2n) is 4.95. The number of rotatable bonds is 2. The third-order valence-corrected chi connectivity index (χ3v) is 2.40. The van der Waals surface area contributed by atoms with Gasteiger partial charge in [-0.25, -0.2) is 0 Å². The van der Waals surface area contributed by atoms with E-state index in [-0.39, 0.29) is 0 Å². The third-order valence-electron chi connectivity index (χ3n) is 2.40. The van der Waals surface area contributed by atoms with Crippen molar-refractivity contribution in [3.63, 3.8) is 0 Å². The van der Waals surface area contributed by atoms with Crippen LogP contribution in [-0.4, -0.2) is 54.6 Å². The molecule has 0 heterocycles. The van der Waals surface area contributed by atoms with Crippen molar-refractivity contribution in [3.8, 4) is 0 Å². The molecule has 1 aliphatic carbocycles. The molecule has 3 nitrogen and oxygen atoms in total. The predicted molar refractivity (Wildman–Crippen MR) is 47.6 cm³/mol. The van der Waals surface area contributed by atoms with Gasteiger partial charge in [-0.3, -0.25) is 0 Å². The molecule has 1 aliphatic rings. The lowest BCUT2D eigenvalue weighted by Crippen LogP contribution is -2.38. The van der Waals surface area contributed by atoms with Crippen molar-refractivity contribution < 1.29 is 14.7 Å². The Bertz CT molecular complexity index is 143. The van der Waals surface area contributed by atoms with Gasteiger partial charge in [-0.05, 0) is 12.8 Å². The van der Waals surface area contributed by atoms with Crippen LogP contribution in [0.25, 0.3) is 0 Å². The van der Waals surface area contributed by atoms with Crippen LogP contribution in [0.2, 0.25) is 0 Å². The molecule has 0 radical (unpaired) electrons. The Morgan fingerprint density at radius 3 is 1.83 bits per heavy atom. The molecule has 12 heavy (non-hydrogen) atoms. The van der Waals surface area contributed by atoms with E-state index < -0.39 is 12.2 Å². The zero-order chi connectivity index (χ0) is 9.35. The average Bonchev–Trinajstić information content (AvgIpc) is 2.07. The summed E-state index contributed by atoms with van der Waals surface area (Å²) in [5.41, 5.74) is 0.